The Labute approximate surface area is 157 Å². The van der Waals surface area contributed by atoms with Crippen molar-refractivity contribution in [2.75, 3.05) is 11.1 Å². The van der Waals surface area contributed by atoms with Crippen LogP contribution in [0.1, 0.15) is 41.5 Å². The Morgan fingerprint density at radius 3 is 2.27 bits per heavy atom. The number of anilines is 1. The van der Waals surface area contributed by atoms with Gasteiger partial charge in [-0.1, -0.05) is 12.1 Å². The van der Waals surface area contributed by atoms with E-state index >= 15 is 0 Å². The Morgan fingerprint density at radius 1 is 1.00 bits per heavy atom. The third kappa shape index (κ3) is 5.74. The first kappa shape index (κ1) is 19.7. The molecule has 0 saturated carbocycles. The van der Waals surface area contributed by atoms with Gasteiger partial charge >= 0.3 is 0 Å². The van der Waals surface area contributed by atoms with Gasteiger partial charge in [-0.3, -0.25) is 14.4 Å². The molecule has 0 aliphatic carbocycles. The van der Waals surface area contributed by atoms with Crippen molar-refractivity contribution < 1.29 is 14.4 Å². The Hall–Kier alpha value is -2.60. The second-order valence-corrected chi connectivity index (χ2v) is 7.11. The molecule has 0 aromatic heterocycles. The highest BCUT2D eigenvalue weighted by Crippen LogP contribution is 2.23. The molecule has 6 heteroatoms. The van der Waals surface area contributed by atoms with Crippen molar-refractivity contribution in [2.45, 2.75) is 31.7 Å². The molecule has 0 bridgehead atoms. The van der Waals surface area contributed by atoms with Gasteiger partial charge in [0, 0.05) is 22.2 Å². The van der Waals surface area contributed by atoms with Gasteiger partial charge in [-0.15, -0.1) is 11.8 Å². The van der Waals surface area contributed by atoms with E-state index in [1.165, 1.54) is 18.7 Å². The summed E-state index contributed by atoms with van der Waals surface area (Å²) in [5.41, 5.74) is 1.71. The van der Waals surface area contributed by atoms with Crippen molar-refractivity contribution in [3.05, 3.63) is 59.7 Å². The van der Waals surface area contributed by atoms with Gasteiger partial charge in [0.05, 0.1) is 11.3 Å². The summed E-state index contributed by atoms with van der Waals surface area (Å²) in [7, 11) is 0. The lowest BCUT2D eigenvalue weighted by molar-refractivity contribution is -0.119. The first-order valence-corrected chi connectivity index (χ1v) is 9.29. The molecule has 0 aliphatic rings. The van der Waals surface area contributed by atoms with Crippen LogP contribution in [0.25, 0.3) is 0 Å². The Kier molecular flexibility index (Phi) is 6.97. The fourth-order valence-corrected chi connectivity index (χ4v) is 3.13. The number of carbonyl (C=O) groups is 3. The second-order valence-electron chi connectivity index (χ2n) is 6.09. The molecule has 0 atom stereocenters. The second kappa shape index (κ2) is 9.20. The number of benzene rings is 2. The maximum Gasteiger partial charge on any atom is 0.256 e. The molecule has 2 amide bonds. The predicted molar refractivity (Wildman–Crippen MR) is 105 cm³/mol. The normalized spacial score (nSPS) is 10.5. The maximum absolute atomic E-state index is 12.6. The predicted octanol–water partition coefficient (Wildman–Crippen LogP) is 3.76. The largest absolute Gasteiger partial charge is 0.353 e. The molecule has 0 unspecified atom stereocenters. The smallest absolute Gasteiger partial charge is 0.256 e. The summed E-state index contributed by atoms with van der Waals surface area (Å²) in [6.45, 7) is 5.30. The van der Waals surface area contributed by atoms with E-state index in [9.17, 15) is 14.4 Å². The summed E-state index contributed by atoms with van der Waals surface area (Å²) >= 11 is 1.32. The summed E-state index contributed by atoms with van der Waals surface area (Å²) in [5.74, 6) is -0.104. The van der Waals surface area contributed by atoms with Crippen LogP contribution in [0.2, 0.25) is 0 Å². The summed E-state index contributed by atoms with van der Waals surface area (Å²) in [5, 5.41) is 5.65. The molecule has 26 heavy (non-hydrogen) atoms. The monoisotopic (exact) mass is 370 g/mol. The summed E-state index contributed by atoms with van der Waals surface area (Å²) < 4.78 is 0. The third-order valence-electron chi connectivity index (χ3n) is 3.49. The molecule has 2 aromatic rings. The topological polar surface area (TPSA) is 75.3 Å². The number of ketones is 1. The number of rotatable bonds is 7. The van der Waals surface area contributed by atoms with Gasteiger partial charge in [0.15, 0.2) is 5.78 Å². The molecule has 2 N–H and O–H groups in total. The number of hydrogen-bond donors (Lipinski definition) is 2. The first-order chi connectivity index (χ1) is 12.4. The van der Waals surface area contributed by atoms with E-state index in [0.29, 0.717) is 16.8 Å². The standard InChI is InChI=1S/C20H22N2O3S/c1-13(2)21-19(24)12-26-18-7-5-4-6-17(18)20(25)22-16-10-8-15(9-11-16)14(3)23/h4-11,13H,12H2,1-3H3,(H,21,24)(H,22,25). The van der Waals surface area contributed by atoms with Crippen LogP contribution in [0, 0.1) is 0 Å². The van der Waals surface area contributed by atoms with Gasteiger partial charge in [-0.2, -0.15) is 0 Å². The van der Waals surface area contributed by atoms with E-state index in [2.05, 4.69) is 10.6 Å². The van der Waals surface area contributed by atoms with E-state index in [1.54, 1.807) is 36.4 Å². The molecule has 2 aromatic carbocycles. The number of hydrogen-bond acceptors (Lipinski definition) is 4. The summed E-state index contributed by atoms with van der Waals surface area (Å²) in [6, 6.07) is 14.0. The van der Waals surface area contributed by atoms with Gasteiger partial charge in [0.25, 0.3) is 5.91 Å². The van der Waals surface area contributed by atoms with Crippen molar-refractivity contribution in [3.8, 4) is 0 Å². The zero-order chi connectivity index (χ0) is 19.1. The zero-order valence-corrected chi connectivity index (χ0v) is 15.9. The molecule has 0 fully saturated rings. The lowest BCUT2D eigenvalue weighted by atomic mass is 10.1. The number of nitrogens with one attached hydrogen (secondary N) is 2. The van der Waals surface area contributed by atoms with Crippen LogP contribution in [0.4, 0.5) is 5.69 Å². The van der Waals surface area contributed by atoms with E-state index in [1.807, 2.05) is 26.0 Å². The average molecular weight is 370 g/mol. The number of carbonyl (C=O) groups excluding carboxylic acids is 3. The zero-order valence-electron chi connectivity index (χ0n) is 15.0. The highest BCUT2D eigenvalue weighted by molar-refractivity contribution is 8.00. The molecular formula is C20H22N2O3S. The molecule has 136 valence electrons. The third-order valence-corrected chi connectivity index (χ3v) is 4.56. The van der Waals surface area contributed by atoms with E-state index in [-0.39, 0.29) is 29.4 Å². The van der Waals surface area contributed by atoms with Crippen molar-refractivity contribution in [1.29, 1.82) is 0 Å². The minimum absolute atomic E-state index is 0.0238. The van der Waals surface area contributed by atoms with Crippen LogP contribution in [-0.4, -0.2) is 29.4 Å². The number of amides is 2. The van der Waals surface area contributed by atoms with Crippen molar-refractivity contribution >= 4 is 35.0 Å². The number of Topliss-reactive ketones (excluding diaryl/α,β-unsaturated/α-hetero) is 1. The van der Waals surface area contributed by atoms with Crippen LogP contribution in [0.15, 0.2) is 53.4 Å². The summed E-state index contributed by atoms with van der Waals surface area (Å²) in [4.78, 5) is 36.5. The molecular weight excluding hydrogens is 348 g/mol. The van der Waals surface area contributed by atoms with E-state index in [4.69, 9.17) is 0 Å². The minimum atomic E-state index is -0.257. The van der Waals surface area contributed by atoms with Crippen molar-refractivity contribution in [2.24, 2.45) is 0 Å². The molecule has 2 rings (SSSR count). The molecule has 5 nitrogen and oxygen atoms in total. The molecule has 0 radical (unpaired) electrons. The van der Waals surface area contributed by atoms with Gasteiger partial charge in [0.2, 0.25) is 5.91 Å². The van der Waals surface area contributed by atoms with Crippen LogP contribution in [-0.2, 0) is 4.79 Å². The highest BCUT2D eigenvalue weighted by Gasteiger charge is 2.13. The molecule has 0 spiro atoms. The SMILES string of the molecule is CC(=O)c1ccc(NC(=O)c2ccccc2SCC(=O)NC(C)C)cc1. The Balaban J connectivity index is 2.06. The molecule has 0 saturated heterocycles. The Bertz CT molecular complexity index is 801. The molecule has 0 aliphatic heterocycles. The fraction of sp³-hybridized carbons (Fsp3) is 0.250. The van der Waals surface area contributed by atoms with Crippen molar-refractivity contribution in [1.82, 2.24) is 5.32 Å². The first-order valence-electron chi connectivity index (χ1n) is 8.30. The van der Waals surface area contributed by atoms with E-state index in [0.717, 1.165) is 4.90 Å². The highest BCUT2D eigenvalue weighted by atomic mass is 32.2. The Morgan fingerprint density at radius 2 is 1.65 bits per heavy atom. The molecule has 0 heterocycles. The van der Waals surface area contributed by atoms with Gasteiger partial charge in [0.1, 0.15) is 0 Å². The lowest BCUT2D eigenvalue weighted by Gasteiger charge is -2.11. The van der Waals surface area contributed by atoms with Crippen LogP contribution >= 0.6 is 11.8 Å². The maximum atomic E-state index is 12.6. The average Bonchev–Trinajstić information content (AvgIpc) is 2.60. The van der Waals surface area contributed by atoms with E-state index < -0.39 is 0 Å². The van der Waals surface area contributed by atoms with Gasteiger partial charge in [-0.25, -0.2) is 0 Å². The van der Waals surface area contributed by atoms with Crippen LogP contribution < -0.4 is 10.6 Å². The van der Waals surface area contributed by atoms with Gasteiger partial charge < -0.3 is 10.6 Å². The van der Waals surface area contributed by atoms with Crippen LogP contribution in [0.3, 0.4) is 0 Å². The number of thioether (sulfide) groups is 1. The lowest BCUT2D eigenvalue weighted by Crippen LogP contribution is -2.31. The van der Waals surface area contributed by atoms with Crippen LogP contribution in [0.5, 0.6) is 0 Å². The summed E-state index contributed by atoms with van der Waals surface area (Å²) in [6.07, 6.45) is 0. The van der Waals surface area contributed by atoms with Crippen molar-refractivity contribution in [3.63, 3.8) is 0 Å². The minimum Gasteiger partial charge on any atom is -0.353 e. The van der Waals surface area contributed by atoms with Gasteiger partial charge in [-0.05, 0) is 57.2 Å². The quantitative estimate of drug-likeness (QED) is 0.575. The fourth-order valence-electron chi connectivity index (χ4n) is 2.27.